The monoisotopic (exact) mass is 315 g/mol. The van der Waals surface area contributed by atoms with Gasteiger partial charge < -0.3 is 9.64 Å². The molecule has 1 aliphatic heterocycles. The van der Waals surface area contributed by atoms with Gasteiger partial charge in [0.05, 0.1) is 6.10 Å². The van der Waals surface area contributed by atoms with E-state index >= 15 is 0 Å². The number of likely N-dealkylation sites (tertiary alicyclic amines) is 1. The average molecular weight is 315 g/mol. The largest absolute Gasteiger partial charge is 0.381 e. The molecule has 0 radical (unpaired) electrons. The van der Waals surface area contributed by atoms with Gasteiger partial charge in [0.2, 0.25) is 5.91 Å². The Morgan fingerprint density at radius 3 is 2.61 bits per heavy atom. The van der Waals surface area contributed by atoms with Crippen molar-refractivity contribution >= 4 is 11.7 Å². The zero-order chi connectivity index (χ0) is 16.2. The lowest BCUT2D eigenvalue weighted by Gasteiger charge is -2.31. The maximum atomic E-state index is 12.3. The second kappa shape index (κ2) is 7.26. The van der Waals surface area contributed by atoms with Gasteiger partial charge in [0.25, 0.3) is 0 Å². The summed E-state index contributed by atoms with van der Waals surface area (Å²) in [6, 6.07) is 6.02. The third-order valence-electron chi connectivity index (χ3n) is 5.11. The predicted octanol–water partition coefficient (Wildman–Crippen LogP) is 2.78. The summed E-state index contributed by atoms with van der Waals surface area (Å²) in [4.78, 5) is 26.5. The number of fused-ring (bicyclic) bond motifs is 1. The molecule has 23 heavy (non-hydrogen) atoms. The Bertz CT molecular complexity index is 588. The number of hydrogen-bond donors (Lipinski definition) is 0. The number of hydrogen-bond acceptors (Lipinski definition) is 3. The Labute approximate surface area is 137 Å². The zero-order valence-corrected chi connectivity index (χ0v) is 13.8. The van der Waals surface area contributed by atoms with Crippen molar-refractivity contribution in [2.45, 2.75) is 51.0 Å². The number of nitrogens with zero attached hydrogens (tertiary/aromatic N) is 1. The van der Waals surface area contributed by atoms with Gasteiger partial charge in [-0.2, -0.15) is 0 Å². The van der Waals surface area contributed by atoms with Gasteiger partial charge in [0, 0.05) is 38.6 Å². The number of aryl methyl sites for hydroxylation is 2. The lowest BCUT2D eigenvalue weighted by atomic mass is 10.0. The Hall–Kier alpha value is -1.68. The molecule has 1 heterocycles. The van der Waals surface area contributed by atoms with Gasteiger partial charge in [-0.15, -0.1) is 0 Å². The normalized spacial score (nSPS) is 18.0. The second-order valence-corrected chi connectivity index (χ2v) is 6.58. The Morgan fingerprint density at radius 1 is 1.13 bits per heavy atom. The molecule has 0 unspecified atom stereocenters. The Kier molecular flexibility index (Phi) is 5.11. The summed E-state index contributed by atoms with van der Waals surface area (Å²) in [6.45, 7) is 1.48. The van der Waals surface area contributed by atoms with Gasteiger partial charge in [0.15, 0.2) is 5.78 Å². The minimum absolute atomic E-state index is 0.0832. The van der Waals surface area contributed by atoms with Crippen LogP contribution in [0.5, 0.6) is 0 Å². The summed E-state index contributed by atoms with van der Waals surface area (Å²) >= 11 is 0. The van der Waals surface area contributed by atoms with Crippen molar-refractivity contribution in [1.29, 1.82) is 0 Å². The molecule has 0 bridgehead atoms. The number of Topliss-reactive ketones (excluding diaryl/α,β-unsaturated/α-hetero) is 1. The number of piperidine rings is 1. The quantitative estimate of drug-likeness (QED) is 0.785. The molecule has 0 atom stereocenters. The van der Waals surface area contributed by atoms with E-state index in [1.165, 1.54) is 17.5 Å². The minimum Gasteiger partial charge on any atom is -0.381 e. The van der Waals surface area contributed by atoms with Crippen LogP contribution in [0.1, 0.15) is 53.6 Å². The third-order valence-corrected chi connectivity index (χ3v) is 5.11. The maximum absolute atomic E-state index is 12.3. The lowest BCUT2D eigenvalue weighted by molar-refractivity contribution is -0.133. The van der Waals surface area contributed by atoms with Gasteiger partial charge in [-0.25, -0.2) is 0 Å². The molecule has 0 aromatic heterocycles. The highest BCUT2D eigenvalue weighted by Crippen LogP contribution is 2.23. The molecule has 1 saturated heterocycles. The fraction of sp³-hybridized carbons (Fsp3) is 0.579. The number of carbonyl (C=O) groups is 2. The number of methoxy groups -OCH3 is 1. The number of ketones is 1. The van der Waals surface area contributed by atoms with Gasteiger partial charge in [-0.1, -0.05) is 12.1 Å². The fourth-order valence-corrected chi connectivity index (χ4v) is 3.61. The molecule has 0 saturated carbocycles. The van der Waals surface area contributed by atoms with Gasteiger partial charge in [-0.3, -0.25) is 9.59 Å². The highest BCUT2D eigenvalue weighted by molar-refractivity contribution is 5.98. The summed E-state index contributed by atoms with van der Waals surface area (Å²) in [7, 11) is 1.72. The fourth-order valence-electron chi connectivity index (χ4n) is 3.61. The summed E-state index contributed by atoms with van der Waals surface area (Å²) < 4.78 is 5.32. The van der Waals surface area contributed by atoms with E-state index in [1.54, 1.807) is 7.11 Å². The van der Waals surface area contributed by atoms with Crippen LogP contribution in [0.2, 0.25) is 0 Å². The average Bonchev–Trinajstić information content (AvgIpc) is 3.07. The molecule has 2 aliphatic rings. The molecule has 1 aliphatic carbocycles. The van der Waals surface area contributed by atoms with Crippen molar-refractivity contribution in [3.05, 3.63) is 34.9 Å². The van der Waals surface area contributed by atoms with E-state index in [2.05, 4.69) is 6.07 Å². The third kappa shape index (κ3) is 3.81. The van der Waals surface area contributed by atoms with Crippen LogP contribution >= 0.6 is 0 Å². The smallest absolute Gasteiger partial charge is 0.223 e. The molecule has 4 heteroatoms. The summed E-state index contributed by atoms with van der Waals surface area (Å²) in [5.74, 6) is 0.175. The van der Waals surface area contributed by atoms with E-state index in [0.29, 0.717) is 12.8 Å². The zero-order valence-electron chi connectivity index (χ0n) is 13.8. The van der Waals surface area contributed by atoms with E-state index in [-0.39, 0.29) is 17.8 Å². The molecule has 124 valence electrons. The second-order valence-electron chi connectivity index (χ2n) is 6.58. The Balaban J connectivity index is 1.50. The predicted molar refractivity (Wildman–Crippen MR) is 88.6 cm³/mol. The van der Waals surface area contributed by atoms with Crippen LogP contribution in [0.25, 0.3) is 0 Å². The Morgan fingerprint density at radius 2 is 1.87 bits per heavy atom. The van der Waals surface area contributed by atoms with Crippen LogP contribution in [0.4, 0.5) is 0 Å². The highest BCUT2D eigenvalue weighted by atomic mass is 16.5. The molecular weight excluding hydrogens is 290 g/mol. The summed E-state index contributed by atoms with van der Waals surface area (Å²) in [5.41, 5.74) is 3.44. The van der Waals surface area contributed by atoms with E-state index in [1.807, 2.05) is 17.0 Å². The lowest BCUT2D eigenvalue weighted by Crippen LogP contribution is -2.40. The van der Waals surface area contributed by atoms with E-state index in [0.717, 1.165) is 44.3 Å². The van der Waals surface area contributed by atoms with Gasteiger partial charge >= 0.3 is 0 Å². The highest BCUT2D eigenvalue weighted by Gasteiger charge is 2.23. The van der Waals surface area contributed by atoms with Crippen LogP contribution in [-0.2, 0) is 22.4 Å². The van der Waals surface area contributed by atoms with E-state index in [9.17, 15) is 9.59 Å². The van der Waals surface area contributed by atoms with E-state index < -0.39 is 0 Å². The van der Waals surface area contributed by atoms with Crippen LogP contribution in [0.15, 0.2) is 18.2 Å². The minimum atomic E-state index is 0.0832. The van der Waals surface area contributed by atoms with Crippen molar-refractivity contribution < 1.29 is 14.3 Å². The SMILES string of the molecule is COC1CCN(C(=O)CCC(=O)c2ccc3c(c2)CCC3)CC1. The molecule has 4 nitrogen and oxygen atoms in total. The first-order valence-electron chi connectivity index (χ1n) is 8.63. The first-order chi connectivity index (χ1) is 11.2. The topological polar surface area (TPSA) is 46.6 Å². The molecule has 1 fully saturated rings. The van der Waals surface area contributed by atoms with Crippen molar-refractivity contribution in [1.82, 2.24) is 4.90 Å². The van der Waals surface area contributed by atoms with Crippen molar-refractivity contribution in [3.8, 4) is 0 Å². The van der Waals surface area contributed by atoms with Crippen LogP contribution in [0, 0.1) is 0 Å². The van der Waals surface area contributed by atoms with Crippen molar-refractivity contribution in [2.24, 2.45) is 0 Å². The molecule has 1 aromatic rings. The first-order valence-corrected chi connectivity index (χ1v) is 8.63. The molecular formula is C19H25NO3. The van der Waals surface area contributed by atoms with Crippen LogP contribution in [0.3, 0.4) is 0 Å². The van der Waals surface area contributed by atoms with Crippen LogP contribution in [-0.4, -0.2) is 42.9 Å². The number of carbonyl (C=O) groups excluding carboxylic acids is 2. The molecule has 1 amide bonds. The van der Waals surface area contributed by atoms with Gasteiger partial charge in [-0.05, 0) is 49.3 Å². The standard InChI is InChI=1S/C19H25NO3/c1-23-17-9-11-20(12-10-17)19(22)8-7-18(21)16-6-5-14-3-2-4-15(14)13-16/h5-6,13,17H,2-4,7-12H2,1H3. The van der Waals surface area contributed by atoms with E-state index in [4.69, 9.17) is 4.74 Å². The molecule has 0 spiro atoms. The number of benzene rings is 1. The first kappa shape index (κ1) is 16.2. The van der Waals surface area contributed by atoms with Gasteiger partial charge in [0.1, 0.15) is 0 Å². The summed E-state index contributed by atoms with van der Waals surface area (Å²) in [6.07, 6.45) is 6.05. The van der Waals surface area contributed by atoms with Crippen molar-refractivity contribution in [2.75, 3.05) is 20.2 Å². The molecule has 1 aromatic carbocycles. The number of rotatable bonds is 5. The number of ether oxygens (including phenoxy) is 1. The molecule has 3 rings (SSSR count). The summed E-state index contributed by atoms with van der Waals surface area (Å²) in [5, 5.41) is 0. The van der Waals surface area contributed by atoms with Crippen molar-refractivity contribution in [3.63, 3.8) is 0 Å². The molecule has 0 N–H and O–H groups in total. The van der Waals surface area contributed by atoms with Crippen LogP contribution < -0.4 is 0 Å². The maximum Gasteiger partial charge on any atom is 0.223 e. The number of amides is 1.